The first kappa shape index (κ1) is 30.3. The van der Waals surface area contributed by atoms with E-state index < -0.39 is 60.4 Å². The highest BCUT2D eigenvalue weighted by atomic mass is 16.4. The van der Waals surface area contributed by atoms with Gasteiger partial charge in [-0.2, -0.15) is 0 Å². The molecule has 0 fully saturated rings. The second-order valence-electron chi connectivity index (χ2n) is 8.62. The predicted octanol–water partition coefficient (Wildman–Crippen LogP) is -2.20. The molecule has 0 radical (unpaired) electrons. The van der Waals surface area contributed by atoms with Gasteiger partial charge in [0.15, 0.2) is 5.96 Å². The maximum Gasteiger partial charge on any atom is 0.326 e. The molecule has 0 aromatic heterocycles. The summed E-state index contributed by atoms with van der Waals surface area (Å²) in [6, 6.07) is 4.26. The molecular weight excluding hydrogens is 470 g/mol. The molecule has 1 aromatic carbocycles. The Morgan fingerprint density at radius 1 is 0.944 bits per heavy atom. The molecule has 0 bridgehead atoms. The average molecular weight is 508 g/mol. The van der Waals surface area contributed by atoms with Crippen molar-refractivity contribution in [2.45, 2.75) is 57.3 Å². The fourth-order valence-electron chi connectivity index (χ4n) is 3.23. The summed E-state index contributed by atoms with van der Waals surface area (Å²) in [6.45, 7) is 2.96. The Morgan fingerprint density at radius 2 is 1.56 bits per heavy atom. The number of aliphatic imine (C=N–C) groups is 1. The van der Waals surface area contributed by atoms with E-state index in [0.29, 0.717) is 6.42 Å². The van der Waals surface area contributed by atoms with Gasteiger partial charge in [-0.15, -0.1) is 0 Å². The Kier molecular flexibility index (Phi) is 12.9. The van der Waals surface area contributed by atoms with Gasteiger partial charge in [0.05, 0.1) is 6.61 Å². The number of benzene rings is 1. The van der Waals surface area contributed by atoms with E-state index in [1.807, 2.05) is 0 Å². The molecule has 4 unspecified atom stereocenters. The van der Waals surface area contributed by atoms with Crippen LogP contribution in [0.4, 0.5) is 0 Å². The van der Waals surface area contributed by atoms with Gasteiger partial charge < -0.3 is 43.4 Å². The number of hydrogen-bond donors (Lipinski definition) is 8. The van der Waals surface area contributed by atoms with E-state index in [4.69, 9.17) is 22.3 Å². The fraction of sp³-hybridized carbons (Fsp3) is 0.522. The van der Waals surface area contributed by atoms with Gasteiger partial charge in [0.1, 0.15) is 24.2 Å². The summed E-state index contributed by atoms with van der Waals surface area (Å²) >= 11 is 0. The Morgan fingerprint density at radius 3 is 2.08 bits per heavy atom. The largest absolute Gasteiger partial charge is 0.480 e. The number of guanidine groups is 1. The molecule has 0 saturated heterocycles. The van der Waals surface area contributed by atoms with Gasteiger partial charge in [-0.3, -0.25) is 19.4 Å². The van der Waals surface area contributed by atoms with Crippen LogP contribution in [0.2, 0.25) is 0 Å². The van der Waals surface area contributed by atoms with Crippen LogP contribution in [0, 0.1) is 5.92 Å². The zero-order valence-corrected chi connectivity index (χ0v) is 20.5. The molecule has 3 amide bonds. The van der Waals surface area contributed by atoms with Crippen LogP contribution in [0.3, 0.4) is 0 Å². The number of carboxylic acids is 1. The Bertz CT molecular complexity index is 905. The quantitative estimate of drug-likeness (QED) is 0.0729. The summed E-state index contributed by atoms with van der Waals surface area (Å²) in [5.41, 5.74) is 16.8. The van der Waals surface area contributed by atoms with Crippen LogP contribution < -0.4 is 33.2 Å². The highest BCUT2D eigenvalue weighted by molar-refractivity contribution is 5.94. The van der Waals surface area contributed by atoms with E-state index in [1.54, 1.807) is 44.2 Å². The second kappa shape index (κ2) is 15.3. The van der Waals surface area contributed by atoms with Gasteiger partial charge in [-0.05, 0) is 24.3 Å². The van der Waals surface area contributed by atoms with Crippen LogP contribution in [-0.2, 0) is 25.6 Å². The number of hydrogen-bond acceptors (Lipinski definition) is 7. The first-order chi connectivity index (χ1) is 17.0. The Labute approximate surface area is 209 Å². The number of aliphatic carboxylic acids is 1. The maximum absolute atomic E-state index is 13.1. The zero-order valence-electron chi connectivity index (χ0n) is 20.5. The monoisotopic (exact) mass is 507 g/mol. The minimum absolute atomic E-state index is 0.0718. The van der Waals surface area contributed by atoms with E-state index in [0.717, 1.165) is 5.56 Å². The van der Waals surface area contributed by atoms with E-state index in [-0.39, 0.29) is 25.3 Å². The SMILES string of the molecule is CC(C)C(NC(=O)C(Cc1ccccc1)NC(=O)C(N)CO)C(=O)NC(CCCN=C(N)N)C(=O)O. The molecule has 0 aliphatic heterocycles. The van der Waals surface area contributed by atoms with Crippen LogP contribution in [0.5, 0.6) is 0 Å². The number of nitrogens with two attached hydrogens (primary N) is 3. The lowest BCUT2D eigenvalue weighted by Gasteiger charge is -2.27. The van der Waals surface area contributed by atoms with Crippen LogP contribution in [0.25, 0.3) is 0 Å². The number of aliphatic hydroxyl groups is 1. The number of nitrogens with one attached hydrogen (secondary N) is 3. The number of amides is 3. The van der Waals surface area contributed by atoms with Gasteiger partial charge in [0.2, 0.25) is 17.7 Å². The van der Waals surface area contributed by atoms with E-state index in [2.05, 4.69) is 20.9 Å². The van der Waals surface area contributed by atoms with Crippen molar-refractivity contribution in [3.63, 3.8) is 0 Å². The summed E-state index contributed by atoms with van der Waals surface area (Å²) in [4.78, 5) is 53.8. The predicted molar refractivity (Wildman–Crippen MR) is 133 cm³/mol. The third-order valence-electron chi connectivity index (χ3n) is 5.26. The lowest BCUT2D eigenvalue weighted by Crippen LogP contribution is -2.59. The third-order valence-corrected chi connectivity index (χ3v) is 5.26. The summed E-state index contributed by atoms with van der Waals surface area (Å²) in [6.07, 6.45) is 0.484. The highest BCUT2D eigenvalue weighted by Crippen LogP contribution is 2.08. The number of rotatable bonds is 15. The molecule has 11 N–H and O–H groups in total. The standard InChI is InChI=1S/C23H37N7O6/c1-13(2)18(21(34)28-16(22(35)36)9-6-10-27-23(25)26)30-20(33)17(29-19(32)15(24)12-31)11-14-7-4-3-5-8-14/h3-5,7-8,13,15-18,31H,6,9-12,24H2,1-2H3,(H,28,34)(H,29,32)(H,30,33)(H,35,36)(H4,25,26,27). The minimum Gasteiger partial charge on any atom is -0.480 e. The van der Waals surface area contributed by atoms with Crippen molar-refractivity contribution < 1.29 is 29.4 Å². The number of aliphatic hydroxyl groups excluding tert-OH is 1. The second-order valence-corrected chi connectivity index (χ2v) is 8.62. The van der Waals surface area contributed by atoms with Crippen molar-refractivity contribution in [1.82, 2.24) is 16.0 Å². The van der Waals surface area contributed by atoms with Crippen LogP contribution >= 0.6 is 0 Å². The van der Waals surface area contributed by atoms with Crippen molar-refractivity contribution in [1.29, 1.82) is 0 Å². The van der Waals surface area contributed by atoms with Crippen molar-refractivity contribution in [2.75, 3.05) is 13.2 Å². The first-order valence-electron chi connectivity index (χ1n) is 11.6. The lowest BCUT2D eigenvalue weighted by molar-refractivity contribution is -0.142. The summed E-state index contributed by atoms with van der Waals surface area (Å²) in [5.74, 6) is -3.85. The minimum atomic E-state index is -1.24. The molecule has 36 heavy (non-hydrogen) atoms. The smallest absolute Gasteiger partial charge is 0.326 e. The topological polar surface area (TPSA) is 235 Å². The van der Waals surface area contributed by atoms with Gasteiger partial charge in [0, 0.05) is 13.0 Å². The lowest BCUT2D eigenvalue weighted by atomic mass is 10.00. The third kappa shape index (κ3) is 10.7. The molecule has 0 saturated carbocycles. The number of carboxylic acid groups (broad SMARTS) is 1. The van der Waals surface area contributed by atoms with Gasteiger partial charge in [0.25, 0.3) is 0 Å². The summed E-state index contributed by atoms with van der Waals surface area (Å²) in [5, 5.41) is 26.2. The molecule has 1 aromatic rings. The van der Waals surface area contributed by atoms with Crippen LogP contribution in [0.1, 0.15) is 32.3 Å². The number of carbonyl (C=O) groups is 4. The molecule has 0 spiro atoms. The molecule has 1 rings (SSSR count). The van der Waals surface area contributed by atoms with E-state index in [9.17, 15) is 24.3 Å². The molecule has 0 aliphatic carbocycles. The number of nitrogens with zero attached hydrogens (tertiary/aromatic N) is 1. The van der Waals surface area contributed by atoms with Gasteiger partial charge >= 0.3 is 5.97 Å². The molecule has 200 valence electrons. The molecular formula is C23H37N7O6. The molecule has 0 aliphatic rings. The van der Waals surface area contributed by atoms with Crippen molar-refractivity contribution >= 4 is 29.7 Å². The van der Waals surface area contributed by atoms with Crippen LogP contribution in [-0.4, -0.2) is 77.2 Å². The normalized spacial score (nSPS) is 14.1. The Hall–Kier alpha value is -3.71. The molecule has 13 nitrogen and oxygen atoms in total. The molecule has 0 heterocycles. The van der Waals surface area contributed by atoms with Gasteiger partial charge in [-0.25, -0.2) is 4.79 Å². The van der Waals surface area contributed by atoms with E-state index in [1.165, 1.54) is 0 Å². The van der Waals surface area contributed by atoms with E-state index >= 15 is 0 Å². The van der Waals surface area contributed by atoms with Gasteiger partial charge in [-0.1, -0.05) is 44.2 Å². The average Bonchev–Trinajstić information content (AvgIpc) is 2.83. The summed E-state index contributed by atoms with van der Waals surface area (Å²) < 4.78 is 0. The molecule has 13 heteroatoms. The van der Waals surface area contributed by atoms with Crippen molar-refractivity contribution in [3.8, 4) is 0 Å². The number of carbonyl (C=O) groups excluding carboxylic acids is 3. The highest BCUT2D eigenvalue weighted by Gasteiger charge is 2.31. The van der Waals surface area contributed by atoms with Crippen molar-refractivity contribution in [3.05, 3.63) is 35.9 Å². The summed E-state index contributed by atoms with van der Waals surface area (Å²) in [7, 11) is 0. The fourth-order valence-corrected chi connectivity index (χ4v) is 3.23. The Balaban J connectivity index is 2.98. The first-order valence-corrected chi connectivity index (χ1v) is 11.6. The van der Waals surface area contributed by atoms with Crippen LogP contribution in [0.15, 0.2) is 35.3 Å². The molecule has 4 atom stereocenters. The zero-order chi connectivity index (χ0) is 27.3. The van der Waals surface area contributed by atoms with Crippen molar-refractivity contribution in [2.24, 2.45) is 28.1 Å². The maximum atomic E-state index is 13.1.